The maximum Gasteiger partial charge on any atom is 0.233 e. The Hall–Kier alpha value is -1.07. The van der Waals surface area contributed by atoms with Gasteiger partial charge < -0.3 is 9.64 Å². The summed E-state index contributed by atoms with van der Waals surface area (Å²) in [5, 5.41) is 8.89. The number of amides is 1. The Labute approximate surface area is 168 Å². The fourth-order valence-electron chi connectivity index (χ4n) is 2.77. The number of hydrogen-bond donors (Lipinski definition) is 0. The summed E-state index contributed by atoms with van der Waals surface area (Å²) in [6.45, 7) is 9.44. The molecule has 1 aliphatic rings. The van der Waals surface area contributed by atoms with E-state index in [2.05, 4.69) is 52.9 Å². The van der Waals surface area contributed by atoms with Crippen LogP contribution < -0.4 is 0 Å². The van der Waals surface area contributed by atoms with Gasteiger partial charge in [-0.05, 0) is 37.1 Å². The molecule has 1 aliphatic heterocycles. The number of benzene rings is 1. The molecule has 0 radical (unpaired) electrons. The summed E-state index contributed by atoms with van der Waals surface area (Å²) >= 11 is 5.11. The van der Waals surface area contributed by atoms with Crippen LogP contribution >= 0.6 is 27.7 Å². The smallest absolute Gasteiger partial charge is 0.233 e. The van der Waals surface area contributed by atoms with Crippen molar-refractivity contribution in [3.63, 3.8) is 0 Å². The number of carbonyl (C=O) groups is 1. The van der Waals surface area contributed by atoms with Crippen molar-refractivity contribution in [3.05, 3.63) is 27.7 Å². The number of carbonyl (C=O) groups excluding carboxylic acids is 1. The predicted molar refractivity (Wildman–Crippen MR) is 108 cm³/mol. The van der Waals surface area contributed by atoms with Crippen LogP contribution in [0.4, 0.5) is 0 Å². The zero-order valence-corrected chi connectivity index (χ0v) is 17.9. The lowest BCUT2D eigenvalue weighted by Gasteiger charge is -2.30. The first-order valence-electron chi connectivity index (χ1n) is 8.85. The highest BCUT2D eigenvalue weighted by Crippen LogP contribution is 2.28. The number of halogens is 1. The van der Waals surface area contributed by atoms with E-state index >= 15 is 0 Å². The summed E-state index contributed by atoms with van der Waals surface area (Å²) in [6.07, 6.45) is 0.371. The molecule has 0 aliphatic carbocycles. The Morgan fingerprint density at radius 3 is 2.73 bits per heavy atom. The minimum absolute atomic E-state index is 0.0958. The van der Waals surface area contributed by atoms with E-state index in [0.29, 0.717) is 25.3 Å². The number of hydrogen-bond acceptors (Lipinski definition) is 5. The summed E-state index contributed by atoms with van der Waals surface area (Å²) in [7, 11) is 0. The van der Waals surface area contributed by atoms with E-state index in [1.165, 1.54) is 5.56 Å². The highest BCUT2D eigenvalue weighted by Gasteiger charge is 2.17. The minimum atomic E-state index is 0.0958. The molecular weight excluding hydrogens is 414 g/mol. The van der Waals surface area contributed by atoms with Crippen LogP contribution in [-0.4, -0.2) is 67.4 Å². The second-order valence-electron chi connectivity index (χ2n) is 6.40. The average Bonchev–Trinajstić information content (AvgIpc) is 2.64. The fraction of sp³-hybridized carbons (Fsp3) is 0.579. The number of nitriles is 1. The van der Waals surface area contributed by atoms with Gasteiger partial charge in [0.15, 0.2) is 0 Å². The van der Waals surface area contributed by atoms with Gasteiger partial charge in [0, 0.05) is 42.1 Å². The molecular formula is C19H26BrN3O2S. The van der Waals surface area contributed by atoms with E-state index < -0.39 is 0 Å². The van der Waals surface area contributed by atoms with Crippen LogP contribution in [0.15, 0.2) is 21.5 Å². The molecule has 0 spiro atoms. The maximum absolute atomic E-state index is 12.7. The molecule has 5 nitrogen and oxygen atoms in total. The van der Waals surface area contributed by atoms with Gasteiger partial charge in [0.05, 0.1) is 31.5 Å². The number of rotatable bonds is 8. The summed E-state index contributed by atoms with van der Waals surface area (Å²) in [5.41, 5.74) is 2.33. The van der Waals surface area contributed by atoms with Crippen molar-refractivity contribution in [2.75, 3.05) is 51.7 Å². The maximum atomic E-state index is 12.7. The molecule has 0 saturated carbocycles. The molecule has 1 heterocycles. The van der Waals surface area contributed by atoms with Gasteiger partial charge in [-0.1, -0.05) is 15.9 Å². The SMILES string of the molecule is Cc1cc(SCC(=O)N(CCC#N)CCN2CCOCC2)c(C)cc1Br. The molecule has 26 heavy (non-hydrogen) atoms. The molecule has 0 unspecified atom stereocenters. The number of thioether (sulfide) groups is 1. The second-order valence-corrected chi connectivity index (χ2v) is 8.27. The molecule has 2 rings (SSSR count). The van der Waals surface area contributed by atoms with Gasteiger partial charge >= 0.3 is 0 Å². The van der Waals surface area contributed by atoms with Gasteiger partial charge in [0.25, 0.3) is 0 Å². The van der Waals surface area contributed by atoms with Crippen molar-refractivity contribution in [3.8, 4) is 6.07 Å². The van der Waals surface area contributed by atoms with Crippen LogP contribution in [0.3, 0.4) is 0 Å². The number of ether oxygens (including phenoxy) is 1. The van der Waals surface area contributed by atoms with E-state index in [4.69, 9.17) is 10.00 Å². The molecule has 0 atom stereocenters. The van der Waals surface area contributed by atoms with Gasteiger partial charge in [0.2, 0.25) is 5.91 Å². The molecule has 0 N–H and O–H groups in total. The third-order valence-corrected chi connectivity index (χ3v) is 6.44. The van der Waals surface area contributed by atoms with Crippen LogP contribution in [0.1, 0.15) is 17.5 Å². The molecule has 7 heteroatoms. The monoisotopic (exact) mass is 439 g/mol. The van der Waals surface area contributed by atoms with E-state index in [0.717, 1.165) is 47.8 Å². The van der Waals surface area contributed by atoms with Crippen molar-refractivity contribution < 1.29 is 9.53 Å². The van der Waals surface area contributed by atoms with Crippen molar-refractivity contribution >= 4 is 33.6 Å². The van der Waals surface area contributed by atoms with E-state index in [1.807, 2.05) is 4.90 Å². The molecule has 0 bridgehead atoms. The van der Waals surface area contributed by atoms with E-state index in [1.54, 1.807) is 11.8 Å². The highest BCUT2D eigenvalue weighted by atomic mass is 79.9. The number of morpholine rings is 1. The third kappa shape index (κ3) is 6.58. The predicted octanol–water partition coefficient (Wildman–Crippen LogP) is 3.23. The lowest BCUT2D eigenvalue weighted by molar-refractivity contribution is -0.128. The number of aryl methyl sites for hydroxylation is 2. The summed E-state index contributed by atoms with van der Waals surface area (Å²) in [5.74, 6) is 0.495. The molecule has 142 valence electrons. The van der Waals surface area contributed by atoms with Crippen LogP contribution in [0.5, 0.6) is 0 Å². The first-order valence-corrected chi connectivity index (χ1v) is 10.6. The van der Waals surface area contributed by atoms with Gasteiger partial charge in [-0.15, -0.1) is 11.8 Å². The molecule has 1 aromatic rings. The Morgan fingerprint density at radius 2 is 2.04 bits per heavy atom. The largest absolute Gasteiger partial charge is 0.379 e. The van der Waals surface area contributed by atoms with Crippen LogP contribution in [-0.2, 0) is 9.53 Å². The molecule has 1 fully saturated rings. The fourth-order valence-corrected chi connectivity index (χ4v) is 4.24. The summed E-state index contributed by atoms with van der Waals surface area (Å²) in [6, 6.07) is 6.36. The zero-order chi connectivity index (χ0) is 18.9. The molecule has 1 saturated heterocycles. The van der Waals surface area contributed by atoms with Crippen molar-refractivity contribution in [2.45, 2.75) is 25.2 Å². The Balaban J connectivity index is 1.90. The Morgan fingerprint density at radius 1 is 1.31 bits per heavy atom. The van der Waals surface area contributed by atoms with Gasteiger partial charge in [-0.3, -0.25) is 9.69 Å². The summed E-state index contributed by atoms with van der Waals surface area (Å²) < 4.78 is 6.45. The standard InChI is InChI=1S/C19H26BrN3O2S/c1-15-13-18(16(2)12-17(15)20)26-14-19(24)23(5-3-4-21)7-6-22-8-10-25-11-9-22/h12-13H,3,5-11,14H2,1-2H3. The first-order chi connectivity index (χ1) is 12.5. The minimum Gasteiger partial charge on any atom is -0.379 e. The lowest BCUT2D eigenvalue weighted by atomic mass is 10.2. The van der Waals surface area contributed by atoms with Crippen LogP contribution in [0.2, 0.25) is 0 Å². The van der Waals surface area contributed by atoms with Gasteiger partial charge in [0.1, 0.15) is 0 Å². The van der Waals surface area contributed by atoms with E-state index in [-0.39, 0.29) is 5.91 Å². The summed E-state index contributed by atoms with van der Waals surface area (Å²) in [4.78, 5) is 18.0. The van der Waals surface area contributed by atoms with Gasteiger partial charge in [-0.2, -0.15) is 5.26 Å². The first kappa shape index (κ1) is 21.2. The quantitative estimate of drug-likeness (QED) is 0.581. The van der Waals surface area contributed by atoms with E-state index in [9.17, 15) is 4.79 Å². The topological polar surface area (TPSA) is 56.6 Å². The highest BCUT2D eigenvalue weighted by molar-refractivity contribution is 9.10. The third-order valence-electron chi connectivity index (χ3n) is 4.44. The van der Waals surface area contributed by atoms with Crippen LogP contribution in [0, 0.1) is 25.2 Å². The Bertz CT molecular complexity index is 657. The van der Waals surface area contributed by atoms with Crippen molar-refractivity contribution in [1.82, 2.24) is 9.80 Å². The molecule has 1 amide bonds. The van der Waals surface area contributed by atoms with Crippen LogP contribution in [0.25, 0.3) is 0 Å². The molecule has 0 aromatic heterocycles. The second kappa shape index (κ2) is 10.9. The van der Waals surface area contributed by atoms with Crippen molar-refractivity contribution in [1.29, 1.82) is 5.26 Å². The average molecular weight is 440 g/mol. The zero-order valence-electron chi connectivity index (χ0n) is 15.5. The normalized spacial score (nSPS) is 14.8. The molecule has 1 aromatic carbocycles. The number of nitrogens with zero attached hydrogens (tertiary/aromatic N) is 3. The Kier molecular flexibility index (Phi) is 8.93. The van der Waals surface area contributed by atoms with Gasteiger partial charge in [-0.25, -0.2) is 0 Å². The van der Waals surface area contributed by atoms with Crippen molar-refractivity contribution in [2.24, 2.45) is 0 Å². The lowest BCUT2D eigenvalue weighted by Crippen LogP contribution is -2.43.